The fraction of sp³-hybridized carbons (Fsp3) is 0.526. The second-order valence-corrected chi connectivity index (χ2v) is 7.33. The van der Waals surface area contributed by atoms with Gasteiger partial charge < -0.3 is 15.5 Å². The van der Waals surface area contributed by atoms with Crippen LogP contribution in [0.25, 0.3) is 0 Å². The molecule has 2 fully saturated rings. The summed E-state index contributed by atoms with van der Waals surface area (Å²) in [6, 6.07) is 2.83. The zero-order chi connectivity index (χ0) is 20.5. The van der Waals surface area contributed by atoms with Crippen molar-refractivity contribution in [2.45, 2.75) is 44.8 Å². The number of hydrogen-bond donors (Lipinski definition) is 2. The van der Waals surface area contributed by atoms with Gasteiger partial charge in [0.2, 0.25) is 11.8 Å². The van der Waals surface area contributed by atoms with E-state index in [2.05, 4.69) is 10.6 Å². The Balaban J connectivity index is 1.69. The van der Waals surface area contributed by atoms with E-state index in [0.717, 1.165) is 25.0 Å². The van der Waals surface area contributed by atoms with Crippen molar-refractivity contribution in [3.05, 3.63) is 29.3 Å². The fourth-order valence-electron chi connectivity index (χ4n) is 3.26. The highest BCUT2D eigenvalue weighted by atomic mass is 19.4. The van der Waals surface area contributed by atoms with E-state index in [9.17, 15) is 27.6 Å². The summed E-state index contributed by atoms with van der Waals surface area (Å²) in [5.74, 6) is -0.894. The van der Waals surface area contributed by atoms with Crippen LogP contribution >= 0.6 is 0 Å². The SMILES string of the molecule is CC(=O)Nc1cc(C(=O)N2CCC(NC(=O)C3CC3)CC2)cc(C(F)(F)F)c1. The third kappa shape index (κ3) is 5.02. The van der Waals surface area contributed by atoms with Crippen LogP contribution in [0.2, 0.25) is 0 Å². The van der Waals surface area contributed by atoms with E-state index in [4.69, 9.17) is 0 Å². The van der Waals surface area contributed by atoms with Gasteiger partial charge in [0.1, 0.15) is 0 Å². The Morgan fingerprint density at radius 1 is 1.04 bits per heavy atom. The van der Waals surface area contributed by atoms with Gasteiger partial charge in [0.25, 0.3) is 5.91 Å². The van der Waals surface area contributed by atoms with Crippen molar-refractivity contribution in [3.63, 3.8) is 0 Å². The molecule has 0 radical (unpaired) electrons. The lowest BCUT2D eigenvalue weighted by Gasteiger charge is -2.32. The molecule has 1 saturated carbocycles. The first-order valence-electron chi connectivity index (χ1n) is 9.23. The van der Waals surface area contributed by atoms with E-state index in [0.29, 0.717) is 25.9 Å². The van der Waals surface area contributed by atoms with Crippen LogP contribution in [-0.2, 0) is 15.8 Å². The maximum atomic E-state index is 13.2. The normalized spacial score (nSPS) is 17.9. The number of carbonyl (C=O) groups is 3. The van der Waals surface area contributed by atoms with Gasteiger partial charge in [0, 0.05) is 43.2 Å². The lowest BCUT2D eigenvalue weighted by Crippen LogP contribution is -2.47. The molecule has 0 spiro atoms. The predicted octanol–water partition coefficient (Wildman–Crippen LogP) is 2.79. The van der Waals surface area contributed by atoms with Crippen LogP contribution in [0.1, 0.15) is 48.5 Å². The minimum Gasteiger partial charge on any atom is -0.353 e. The highest BCUT2D eigenvalue weighted by Crippen LogP contribution is 2.33. The third-order valence-electron chi connectivity index (χ3n) is 4.90. The van der Waals surface area contributed by atoms with Crippen molar-refractivity contribution in [2.75, 3.05) is 18.4 Å². The first kappa shape index (κ1) is 20.2. The third-order valence-corrected chi connectivity index (χ3v) is 4.90. The Labute approximate surface area is 160 Å². The predicted molar refractivity (Wildman–Crippen MR) is 95.5 cm³/mol. The van der Waals surface area contributed by atoms with E-state index in [1.54, 1.807) is 0 Å². The van der Waals surface area contributed by atoms with Crippen molar-refractivity contribution in [2.24, 2.45) is 5.92 Å². The molecule has 1 heterocycles. The molecule has 0 bridgehead atoms. The number of halogens is 3. The number of nitrogens with one attached hydrogen (secondary N) is 2. The second kappa shape index (κ2) is 7.81. The summed E-state index contributed by atoms with van der Waals surface area (Å²) in [6.07, 6.45) is -1.70. The maximum Gasteiger partial charge on any atom is 0.416 e. The Kier molecular flexibility index (Phi) is 5.62. The number of amides is 3. The number of anilines is 1. The molecule has 0 atom stereocenters. The van der Waals surface area contributed by atoms with Crippen molar-refractivity contribution >= 4 is 23.4 Å². The zero-order valence-corrected chi connectivity index (χ0v) is 15.4. The molecule has 152 valence electrons. The number of piperidine rings is 1. The Hall–Kier alpha value is -2.58. The van der Waals surface area contributed by atoms with Crippen molar-refractivity contribution in [1.29, 1.82) is 0 Å². The van der Waals surface area contributed by atoms with Gasteiger partial charge in [0.15, 0.2) is 0 Å². The Morgan fingerprint density at radius 3 is 2.21 bits per heavy atom. The monoisotopic (exact) mass is 397 g/mol. The largest absolute Gasteiger partial charge is 0.416 e. The topological polar surface area (TPSA) is 78.5 Å². The number of alkyl halides is 3. The number of rotatable bonds is 4. The van der Waals surface area contributed by atoms with Crippen LogP contribution in [0.4, 0.5) is 18.9 Å². The maximum absolute atomic E-state index is 13.2. The standard InChI is InChI=1S/C19H22F3N3O3/c1-11(26)23-16-9-13(8-14(10-16)19(20,21)22)18(28)25-6-4-15(5-7-25)24-17(27)12-2-3-12/h8-10,12,15H,2-7H2,1H3,(H,23,26)(H,24,27). The van der Waals surface area contributed by atoms with E-state index < -0.39 is 23.6 Å². The van der Waals surface area contributed by atoms with Gasteiger partial charge in [-0.05, 0) is 43.9 Å². The number of hydrogen-bond acceptors (Lipinski definition) is 3. The highest BCUT2D eigenvalue weighted by Gasteiger charge is 2.34. The molecule has 0 aromatic heterocycles. The quantitative estimate of drug-likeness (QED) is 0.820. The molecular weight excluding hydrogens is 375 g/mol. The molecule has 3 amide bonds. The van der Waals surface area contributed by atoms with Crippen molar-refractivity contribution < 1.29 is 27.6 Å². The fourth-order valence-corrected chi connectivity index (χ4v) is 3.26. The van der Waals surface area contributed by atoms with Crippen LogP contribution in [0.15, 0.2) is 18.2 Å². The summed E-state index contributed by atoms with van der Waals surface area (Å²) in [5, 5.41) is 5.27. The molecule has 3 rings (SSSR count). The average molecular weight is 397 g/mol. The molecule has 1 aliphatic heterocycles. The first-order chi connectivity index (χ1) is 13.1. The average Bonchev–Trinajstić information content (AvgIpc) is 3.45. The lowest BCUT2D eigenvalue weighted by atomic mass is 10.0. The van der Waals surface area contributed by atoms with E-state index in [1.165, 1.54) is 17.9 Å². The van der Waals surface area contributed by atoms with Gasteiger partial charge in [-0.2, -0.15) is 13.2 Å². The Morgan fingerprint density at radius 2 is 1.68 bits per heavy atom. The van der Waals surface area contributed by atoms with Gasteiger partial charge in [-0.15, -0.1) is 0 Å². The summed E-state index contributed by atoms with van der Waals surface area (Å²) >= 11 is 0. The summed E-state index contributed by atoms with van der Waals surface area (Å²) in [4.78, 5) is 37.2. The molecule has 2 N–H and O–H groups in total. The minimum absolute atomic E-state index is 0.0198. The van der Waals surface area contributed by atoms with Crippen LogP contribution in [0.3, 0.4) is 0 Å². The highest BCUT2D eigenvalue weighted by molar-refractivity contribution is 5.97. The summed E-state index contributed by atoms with van der Waals surface area (Å²) < 4.78 is 39.5. The van der Waals surface area contributed by atoms with E-state index in [-0.39, 0.29) is 29.1 Å². The lowest BCUT2D eigenvalue weighted by molar-refractivity contribution is -0.137. The van der Waals surface area contributed by atoms with Gasteiger partial charge >= 0.3 is 6.18 Å². The van der Waals surface area contributed by atoms with E-state index in [1.807, 2.05) is 0 Å². The van der Waals surface area contributed by atoms with Gasteiger partial charge in [-0.1, -0.05) is 0 Å². The number of nitrogens with zero attached hydrogens (tertiary/aromatic N) is 1. The molecule has 9 heteroatoms. The van der Waals surface area contributed by atoms with Gasteiger partial charge in [0.05, 0.1) is 5.56 Å². The molecule has 1 aromatic carbocycles. The first-order valence-corrected chi connectivity index (χ1v) is 9.23. The molecule has 1 saturated heterocycles. The molecule has 1 aliphatic carbocycles. The number of likely N-dealkylation sites (tertiary alicyclic amines) is 1. The van der Waals surface area contributed by atoms with Crippen LogP contribution in [-0.4, -0.2) is 41.8 Å². The van der Waals surface area contributed by atoms with E-state index >= 15 is 0 Å². The molecule has 2 aliphatic rings. The minimum atomic E-state index is -4.64. The number of carbonyl (C=O) groups excluding carboxylic acids is 3. The molecule has 6 nitrogen and oxygen atoms in total. The van der Waals surface area contributed by atoms with Crippen molar-refractivity contribution in [1.82, 2.24) is 10.2 Å². The molecule has 28 heavy (non-hydrogen) atoms. The Bertz CT molecular complexity index is 782. The number of benzene rings is 1. The van der Waals surface area contributed by atoms with Crippen LogP contribution in [0.5, 0.6) is 0 Å². The second-order valence-electron chi connectivity index (χ2n) is 7.33. The smallest absolute Gasteiger partial charge is 0.353 e. The van der Waals surface area contributed by atoms with Crippen LogP contribution in [0, 0.1) is 5.92 Å². The molecular formula is C19H22F3N3O3. The van der Waals surface area contributed by atoms with Gasteiger partial charge in [-0.25, -0.2) is 0 Å². The van der Waals surface area contributed by atoms with Gasteiger partial charge in [-0.3, -0.25) is 14.4 Å². The molecule has 1 aromatic rings. The molecule has 0 unspecified atom stereocenters. The van der Waals surface area contributed by atoms with Crippen LogP contribution < -0.4 is 10.6 Å². The summed E-state index contributed by atoms with van der Waals surface area (Å²) in [5.41, 5.74) is -1.19. The van der Waals surface area contributed by atoms with Crippen molar-refractivity contribution in [3.8, 4) is 0 Å². The zero-order valence-electron chi connectivity index (χ0n) is 15.4. The summed E-state index contributed by atoms with van der Waals surface area (Å²) in [6.45, 7) is 1.88. The summed E-state index contributed by atoms with van der Waals surface area (Å²) in [7, 11) is 0.